The van der Waals surface area contributed by atoms with E-state index in [-0.39, 0.29) is 5.91 Å². The smallest absolute Gasteiger partial charge is 0.253 e. The Morgan fingerprint density at radius 3 is 2.50 bits per heavy atom. The summed E-state index contributed by atoms with van der Waals surface area (Å²) in [6, 6.07) is 7.75. The Kier molecular flexibility index (Phi) is 3.69. The molecular formula is C11H12INO. The summed E-state index contributed by atoms with van der Waals surface area (Å²) in [5.74, 6) is -0.0471. The van der Waals surface area contributed by atoms with Crippen molar-refractivity contribution >= 4 is 34.2 Å². The Morgan fingerprint density at radius 1 is 1.43 bits per heavy atom. The SMILES string of the molecule is C=C(C)C(=O)N(C)c1ccccc1I. The number of rotatable bonds is 2. The Bertz CT molecular complexity index is 373. The van der Waals surface area contributed by atoms with E-state index in [2.05, 4.69) is 29.2 Å². The third-order valence-electron chi connectivity index (χ3n) is 1.88. The van der Waals surface area contributed by atoms with Crippen LogP contribution in [0.15, 0.2) is 36.4 Å². The molecule has 0 N–H and O–H groups in total. The lowest BCUT2D eigenvalue weighted by Crippen LogP contribution is -2.27. The van der Waals surface area contributed by atoms with Crippen molar-refractivity contribution in [1.29, 1.82) is 0 Å². The first-order valence-electron chi connectivity index (χ1n) is 4.22. The summed E-state index contributed by atoms with van der Waals surface area (Å²) in [7, 11) is 1.76. The second-order valence-electron chi connectivity index (χ2n) is 3.10. The molecule has 1 rings (SSSR count). The zero-order chi connectivity index (χ0) is 10.7. The Morgan fingerprint density at radius 2 is 2.00 bits per heavy atom. The van der Waals surface area contributed by atoms with Gasteiger partial charge in [0, 0.05) is 16.2 Å². The third kappa shape index (κ3) is 2.35. The molecule has 1 aromatic carbocycles. The van der Waals surface area contributed by atoms with Crippen molar-refractivity contribution in [2.24, 2.45) is 0 Å². The highest BCUT2D eigenvalue weighted by Gasteiger charge is 2.12. The zero-order valence-electron chi connectivity index (χ0n) is 8.25. The fourth-order valence-electron chi connectivity index (χ4n) is 1.12. The molecule has 0 radical (unpaired) electrons. The molecule has 0 atom stereocenters. The van der Waals surface area contributed by atoms with E-state index in [1.165, 1.54) is 0 Å². The fraction of sp³-hybridized carbons (Fsp3) is 0.182. The first kappa shape index (κ1) is 11.2. The van der Waals surface area contributed by atoms with Gasteiger partial charge in [-0.3, -0.25) is 4.79 Å². The second-order valence-corrected chi connectivity index (χ2v) is 4.26. The number of hydrogen-bond donors (Lipinski definition) is 0. The van der Waals surface area contributed by atoms with Gasteiger partial charge in [-0.15, -0.1) is 0 Å². The largest absolute Gasteiger partial charge is 0.311 e. The number of benzene rings is 1. The maximum atomic E-state index is 11.6. The Labute approximate surface area is 97.7 Å². The van der Waals surface area contributed by atoms with Crippen molar-refractivity contribution in [1.82, 2.24) is 0 Å². The van der Waals surface area contributed by atoms with Gasteiger partial charge in [-0.05, 0) is 41.6 Å². The first-order chi connectivity index (χ1) is 6.54. The zero-order valence-corrected chi connectivity index (χ0v) is 10.4. The van der Waals surface area contributed by atoms with Crippen LogP contribution in [0, 0.1) is 3.57 Å². The van der Waals surface area contributed by atoms with Crippen LogP contribution in [0.3, 0.4) is 0 Å². The number of carbonyl (C=O) groups is 1. The van der Waals surface area contributed by atoms with Gasteiger partial charge in [-0.25, -0.2) is 0 Å². The van der Waals surface area contributed by atoms with Crippen molar-refractivity contribution in [3.63, 3.8) is 0 Å². The van der Waals surface area contributed by atoms with Crippen molar-refractivity contribution in [2.75, 3.05) is 11.9 Å². The highest BCUT2D eigenvalue weighted by Crippen LogP contribution is 2.21. The molecule has 14 heavy (non-hydrogen) atoms. The quantitative estimate of drug-likeness (QED) is 0.607. The fourth-order valence-corrected chi connectivity index (χ4v) is 1.87. The molecule has 0 fully saturated rings. The molecule has 0 aliphatic heterocycles. The standard InChI is InChI=1S/C11H12INO/c1-8(2)11(14)13(3)10-7-5-4-6-9(10)12/h4-7H,1H2,2-3H3. The lowest BCUT2D eigenvalue weighted by atomic mass is 10.2. The van der Waals surface area contributed by atoms with Crippen LogP contribution in [0.4, 0.5) is 5.69 Å². The van der Waals surface area contributed by atoms with Crippen molar-refractivity contribution in [3.8, 4) is 0 Å². The number of likely N-dealkylation sites (N-methyl/N-ethyl adjacent to an activating group) is 1. The van der Waals surface area contributed by atoms with Gasteiger partial charge in [0.15, 0.2) is 0 Å². The topological polar surface area (TPSA) is 20.3 Å². The summed E-state index contributed by atoms with van der Waals surface area (Å²) < 4.78 is 1.06. The maximum absolute atomic E-state index is 11.6. The summed E-state index contributed by atoms with van der Waals surface area (Å²) in [5.41, 5.74) is 1.47. The molecule has 0 spiro atoms. The first-order valence-corrected chi connectivity index (χ1v) is 5.30. The predicted octanol–water partition coefficient (Wildman–Crippen LogP) is 2.83. The summed E-state index contributed by atoms with van der Waals surface area (Å²) >= 11 is 2.21. The molecule has 0 aliphatic carbocycles. The van der Waals surface area contributed by atoms with Crippen LogP contribution in [-0.2, 0) is 4.79 Å². The van der Waals surface area contributed by atoms with E-state index in [0.717, 1.165) is 9.26 Å². The maximum Gasteiger partial charge on any atom is 0.253 e. The number of carbonyl (C=O) groups excluding carboxylic acids is 1. The molecule has 0 heterocycles. The van der Waals surface area contributed by atoms with E-state index in [0.29, 0.717) is 5.57 Å². The van der Waals surface area contributed by atoms with Gasteiger partial charge < -0.3 is 4.90 Å². The van der Waals surface area contributed by atoms with E-state index < -0.39 is 0 Å². The van der Waals surface area contributed by atoms with Crippen LogP contribution in [0.25, 0.3) is 0 Å². The Balaban J connectivity index is 3.01. The van der Waals surface area contributed by atoms with Gasteiger partial charge in [0.25, 0.3) is 5.91 Å². The van der Waals surface area contributed by atoms with Crippen LogP contribution in [0.5, 0.6) is 0 Å². The highest BCUT2D eigenvalue weighted by atomic mass is 127. The van der Waals surface area contributed by atoms with Gasteiger partial charge in [0.2, 0.25) is 0 Å². The van der Waals surface area contributed by atoms with Crippen LogP contribution in [0.2, 0.25) is 0 Å². The number of anilines is 1. The lowest BCUT2D eigenvalue weighted by molar-refractivity contribution is -0.114. The van der Waals surface area contributed by atoms with E-state index in [4.69, 9.17) is 0 Å². The van der Waals surface area contributed by atoms with Crippen molar-refractivity contribution in [2.45, 2.75) is 6.92 Å². The minimum Gasteiger partial charge on any atom is -0.311 e. The molecule has 1 amide bonds. The molecule has 1 aromatic rings. The van der Waals surface area contributed by atoms with E-state index >= 15 is 0 Å². The molecule has 0 saturated carbocycles. The summed E-state index contributed by atoms with van der Waals surface area (Å²) in [5, 5.41) is 0. The van der Waals surface area contributed by atoms with E-state index in [9.17, 15) is 4.79 Å². The molecular weight excluding hydrogens is 289 g/mol. The van der Waals surface area contributed by atoms with Gasteiger partial charge in [-0.1, -0.05) is 18.7 Å². The average molecular weight is 301 g/mol. The van der Waals surface area contributed by atoms with Gasteiger partial charge in [0.05, 0.1) is 5.69 Å². The normalized spacial score (nSPS) is 9.64. The lowest BCUT2D eigenvalue weighted by Gasteiger charge is -2.18. The molecule has 0 unspecified atom stereocenters. The summed E-state index contributed by atoms with van der Waals surface area (Å²) in [6.45, 7) is 5.35. The monoisotopic (exact) mass is 301 g/mol. The van der Waals surface area contributed by atoms with Gasteiger partial charge in [-0.2, -0.15) is 0 Å². The average Bonchev–Trinajstić information content (AvgIpc) is 2.16. The van der Waals surface area contributed by atoms with E-state index in [1.807, 2.05) is 24.3 Å². The van der Waals surface area contributed by atoms with Crippen LogP contribution in [0.1, 0.15) is 6.92 Å². The molecule has 0 bridgehead atoms. The van der Waals surface area contributed by atoms with Crippen LogP contribution in [-0.4, -0.2) is 13.0 Å². The minimum atomic E-state index is -0.0471. The van der Waals surface area contributed by atoms with Crippen molar-refractivity contribution in [3.05, 3.63) is 40.0 Å². The molecule has 0 aliphatic rings. The molecule has 3 heteroatoms. The number of nitrogens with zero attached hydrogens (tertiary/aromatic N) is 1. The van der Waals surface area contributed by atoms with Crippen LogP contribution >= 0.6 is 22.6 Å². The van der Waals surface area contributed by atoms with Gasteiger partial charge in [0.1, 0.15) is 0 Å². The second kappa shape index (κ2) is 4.59. The summed E-state index contributed by atoms with van der Waals surface area (Å²) in [4.78, 5) is 13.2. The number of para-hydroxylation sites is 1. The Hall–Kier alpha value is -0.840. The molecule has 0 aromatic heterocycles. The van der Waals surface area contributed by atoms with Crippen LogP contribution < -0.4 is 4.90 Å². The van der Waals surface area contributed by atoms with Gasteiger partial charge >= 0.3 is 0 Å². The number of amides is 1. The van der Waals surface area contributed by atoms with Crippen molar-refractivity contribution < 1.29 is 4.79 Å². The minimum absolute atomic E-state index is 0.0471. The molecule has 74 valence electrons. The summed E-state index contributed by atoms with van der Waals surface area (Å²) in [6.07, 6.45) is 0. The number of hydrogen-bond acceptors (Lipinski definition) is 1. The third-order valence-corrected chi connectivity index (χ3v) is 2.80. The molecule has 0 saturated heterocycles. The van der Waals surface area contributed by atoms with E-state index in [1.54, 1.807) is 18.9 Å². The predicted molar refractivity (Wildman–Crippen MR) is 67.4 cm³/mol. The number of halogens is 1. The highest BCUT2D eigenvalue weighted by molar-refractivity contribution is 14.1. The molecule has 2 nitrogen and oxygen atoms in total.